The predicted octanol–water partition coefficient (Wildman–Crippen LogP) is 7.26. The first-order chi connectivity index (χ1) is 22.4. The van der Waals surface area contributed by atoms with E-state index in [0.29, 0.717) is 36.8 Å². The highest BCUT2D eigenvalue weighted by molar-refractivity contribution is 5.95. The number of halogens is 7. The Labute approximate surface area is 286 Å². The summed E-state index contributed by atoms with van der Waals surface area (Å²) in [5.74, 6) is -0.801. The standard InChI is InChI=1S/C35H36F6N2O5.ClH/c1-33(2,3)22-6-10-26(11-7-22)48-29(32(45)46)14-20-4-8-25(9-5-20)47-13-12-42-30-27-18-43(19-28(27)30)31(44)21-15-23(34(36,37)38)17-24(16-21)35(39,40)41;/h4-11,15-17,27-30,42H,12-14,18-19H2,1-3H3,(H,45,46);1H/t27-,28?,29-,30+;/m0./s1. The van der Waals surface area contributed by atoms with Crippen LogP contribution in [0.4, 0.5) is 26.3 Å². The minimum atomic E-state index is -5.03. The van der Waals surface area contributed by atoms with Crippen molar-refractivity contribution in [2.24, 2.45) is 11.8 Å². The molecule has 5 rings (SSSR count). The van der Waals surface area contributed by atoms with Crippen LogP contribution in [0.25, 0.3) is 0 Å². The number of alkyl halides is 6. The van der Waals surface area contributed by atoms with Gasteiger partial charge in [-0.25, -0.2) is 4.79 Å². The van der Waals surface area contributed by atoms with Gasteiger partial charge < -0.3 is 24.8 Å². The van der Waals surface area contributed by atoms with E-state index in [4.69, 9.17) is 9.47 Å². The van der Waals surface area contributed by atoms with Crippen molar-refractivity contribution in [1.82, 2.24) is 10.2 Å². The number of fused-ring (bicyclic) bond motifs is 1. The Balaban J connectivity index is 0.00000541. The minimum absolute atomic E-state index is 0. The number of carbonyl (C=O) groups excluding carboxylic acids is 1. The van der Waals surface area contributed by atoms with Crippen LogP contribution in [0.1, 0.15) is 53.4 Å². The monoisotopic (exact) mass is 714 g/mol. The van der Waals surface area contributed by atoms with Gasteiger partial charge in [-0.1, -0.05) is 45.0 Å². The molecule has 2 aliphatic rings. The topological polar surface area (TPSA) is 88.1 Å². The van der Waals surface area contributed by atoms with Crippen molar-refractivity contribution in [2.45, 2.75) is 57.1 Å². The van der Waals surface area contributed by atoms with Gasteiger partial charge in [0.2, 0.25) is 0 Å². The fourth-order valence-corrected chi connectivity index (χ4v) is 5.96. The Kier molecular flexibility index (Phi) is 11.2. The Bertz CT molecular complexity index is 1580. The number of hydrogen-bond donors (Lipinski definition) is 2. The van der Waals surface area contributed by atoms with Crippen LogP contribution in [0.3, 0.4) is 0 Å². The molecule has 1 heterocycles. The molecule has 1 aliphatic heterocycles. The van der Waals surface area contributed by atoms with Crippen molar-refractivity contribution in [3.05, 3.63) is 94.5 Å². The summed E-state index contributed by atoms with van der Waals surface area (Å²) in [5.41, 5.74) is -1.85. The maximum absolute atomic E-state index is 13.2. The van der Waals surface area contributed by atoms with Crippen molar-refractivity contribution < 1.29 is 50.5 Å². The molecule has 266 valence electrons. The predicted molar refractivity (Wildman–Crippen MR) is 171 cm³/mol. The molecule has 1 saturated heterocycles. The SMILES string of the molecule is CC(C)(C)c1ccc(O[C@@H](Cc2ccc(OCCN[C@H]3C4CN(C(=O)c5cc(C(F)(F)F)cc(C(F)(F)F)c5)C[C@@H]43)cc2)C(=O)O)cc1.Cl. The van der Waals surface area contributed by atoms with E-state index in [0.717, 1.165) is 11.1 Å². The molecule has 3 aromatic rings. The van der Waals surface area contributed by atoms with Gasteiger partial charge in [-0.2, -0.15) is 26.3 Å². The summed E-state index contributed by atoms with van der Waals surface area (Å²) < 4.78 is 90.8. The number of nitrogens with zero attached hydrogens (tertiary/aromatic N) is 1. The zero-order chi connectivity index (χ0) is 35.0. The van der Waals surface area contributed by atoms with Crippen LogP contribution < -0.4 is 14.8 Å². The molecule has 1 amide bonds. The molecule has 2 N–H and O–H groups in total. The first-order valence-electron chi connectivity index (χ1n) is 15.4. The van der Waals surface area contributed by atoms with Gasteiger partial charge in [-0.15, -0.1) is 12.4 Å². The summed E-state index contributed by atoms with van der Waals surface area (Å²) in [4.78, 5) is 26.0. The lowest BCUT2D eigenvalue weighted by Gasteiger charge is -2.22. The number of ether oxygens (including phenoxy) is 2. The van der Waals surface area contributed by atoms with Crippen LogP contribution in [0.15, 0.2) is 66.7 Å². The molecular formula is C35H37ClF6N2O5. The smallest absolute Gasteiger partial charge is 0.416 e. The summed E-state index contributed by atoms with van der Waals surface area (Å²) in [7, 11) is 0. The van der Waals surface area contributed by atoms with Gasteiger partial charge in [0, 0.05) is 37.7 Å². The van der Waals surface area contributed by atoms with E-state index >= 15 is 0 Å². The summed E-state index contributed by atoms with van der Waals surface area (Å²) in [6.45, 7) is 7.50. The number of nitrogens with one attached hydrogen (secondary N) is 1. The van der Waals surface area contributed by atoms with Gasteiger partial charge in [-0.05, 0) is 70.8 Å². The zero-order valence-electron chi connectivity index (χ0n) is 26.9. The van der Waals surface area contributed by atoms with Gasteiger partial charge in [0.1, 0.15) is 18.1 Å². The fourth-order valence-electron chi connectivity index (χ4n) is 5.96. The average Bonchev–Trinajstić information content (AvgIpc) is 3.45. The molecule has 0 bridgehead atoms. The number of hydrogen-bond acceptors (Lipinski definition) is 5. The zero-order valence-corrected chi connectivity index (χ0v) is 27.7. The maximum Gasteiger partial charge on any atom is 0.416 e. The molecule has 1 aliphatic carbocycles. The van der Waals surface area contributed by atoms with E-state index in [-0.39, 0.29) is 61.3 Å². The van der Waals surface area contributed by atoms with E-state index in [1.165, 1.54) is 4.90 Å². The molecule has 7 nitrogen and oxygen atoms in total. The normalized spacial score (nSPS) is 19.4. The number of carbonyl (C=O) groups is 2. The lowest BCUT2D eigenvalue weighted by atomic mass is 9.87. The van der Waals surface area contributed by atoms with Crippen LogP contribution in [0.5, 0.6) is 11.5 Å². The Morgan fingerprint density at radius 1 is 0.837 bits per heavy atom. The molecule has 1 saturated carbocycles. The number of amides is 1. The number of rotatable bonds is 11. The van der Waals surface area contributed by atoms with Gasteiger partial charge >= 0.3 is 18.3 Å². The third kappa shape index (κ3) is 9.39. The highest BCUT2D eigenvalue weighted by Crippen LogP contribution is 2.46. The molecule has 1 unspecified atom stereocenters. The van der Waals surface area contributed by atoms with E-state index in [2.05, 4.69) is 26.1 Å². The molecule has 2 fully saturated rings. The van der Waals surface area contributed by atoms with Crippen molar-refractivity contribution in [3.63, 3.8) is 0 Å². The van der Waals surface area contributed by atoms with E-state index in [9.17, 15) is 41.0 Å². The lowest BCUT2D eigenvalue weighted by Crippen LogP contribution is -2.36. The van der Waals surface area contributed by atoms with Crippen LogP contribution in [0, 0.1) is 11.8 Å². The molecule has 3 aromatic carbocycles. The summed E-state index contributed by atoms with van der Waals surface area (Å²) >= 11 is 0. The second-order valence-electron chi connectivity index (χ2n) is 13.2. The molecular weight excluding hydrogens is 678 g/mol. The van der Waals surface area contributed by atoms with Gasteiger partial charge in [0.25, 0.3) is 5.91 Å². The summed E-state index contributed by atoms with van der Waals surface area (Å²) in [6, 6.07) is 15.4. The third-order valence-electron chi connectivity index (χ3n) is 8.69. The van der Waals surface area contributed by atoms with Gasteiger partial charge in [-0.3, -0.25) is 4.79 Å². The molecule has 4 atom stereocenters. The van der Waals surface area contributed by atoms with E-state index in [1.807, 2.05) is 12.1 Å². The van der Waals surface area contributed by atoms with Gasteiger partial charge in [0.05, 0.1) is 11.1 Å². The summed E-state index contributed by atoms with van der Waals surface area (Å²) in [5, 5.41) is 13.0. The van der Waals surface area contributed by atoms with Crippen molar-refractivity contribution in [1.29, 1.82) is 0 Å². The minimum Gasteiger partial charge on any atom is -0.492 e. The van der Waals surface area contributed by atoms with Crippen molar-refractivity contribution in [3.8, 4) is 11.5 Å². The number of benzene rings is 3. The second kappa shape index (κ2) is 14.5. The summed E-state index contributed by atoms with van der Waals surface area (Å²) in [6.07, 6.45) is -11.0. The first-order valence-corrected chi connectivity index (χ1v) is 15.4. The highest BCUT2D eigenvalue weighted by atomic mass is 35.5. The largest absolute Gasteiger partial charge is 0.492 e. The van der Waals surface area contributed by atoms with Crippen molar-refractivity contribution >= 4 is 24.3 Å². The average molecular weight is 715 g/mol. The van der Waals surface area contributed by atoms with Crippen LogP contribution in [-0.4, -0.2) is 60.3 Å². The highest BCUT2D eigenvalue weighted by Gasteiger charge is 2.56. The van der Waals surface area contributed by atoms with Crippen molar-refractivity contribution in [2.75, 3.05) is 26.2 Å². The Morgan fingerprint density at radius 2 is 1.37 bits per heavy atom. The fraction of sp³-hybridized carbons (Fsp3) is 0.429. The number of aliphatic carboxylic acids is 1. The lowest BCUT2D eigenvalue weighted by molar-refractivity contribution is -0.145. The number of carboxylic acids is 1. The second-order valence-corrected chi connectivity index (χ2v) is 13.2. The third-order valence-corrected chi connectivity index (χ3v) is 8.69. The molecule has 0 spiro atoms. The van der Waals surface area contributed by atoms with Crippen LogP contribution in [0.2, 0.25) is 0 Å². The first kappa shape index (κ1) is 37.8. The van der Waals surface area contributed by atoms with E-state index in [1.54, 1.807) is 36.4 Å². The molecule has 0 aromatic heterocycles. The molecule has 0 radical (unpaired) electrons. The van der Waals surface area contributed by atoms with Gasteiger partial charge in [0.15, 0.2) is 6.10 Å². The molecule has 14 heteroatoms. The number of likely N-dealkylation sites (tertiary alicyclic amines) is 1. The van der Waals surface area contributed by atoms with Crippen LogP contribution >= 0.6 is 12.4 Å². The number of carboxylic acid groups (broad SMARTS) is 1. The Morgan fingerprint density at radius 3 is 1.86 bits per heavy atom. The number of piperidine rings is 1. The maximum atomic E-state index is 13.2. The quantitative estimate of drug-likeness (QED) is 0.161. The van der Waals surface area contributed by atoms with E-state index < -0.39 is 47.0 Å². The Hall–Kier alpha value is -3.97. The van der Waals surface area contributed by atoms with Crippen LogP contribution in [-0.2, 0) is 29.0 Å². The molecule has 49 heavy (non-hydrogen) atoms.